The van der Waals surface area contributed by atoms with Crippen LogP contribution in [0.5, 0.6) is 0 Å². The van der Waals surface area contributed by atoms with Crippen molar-refractivity contribution in [3.63, 3.8) is 0 Å². The average Bonchev–Trinajstić information content (AvgIpc) is 3.36. The van der Waals surface area contributed by atoms with Crippen molar-refractivity contribution >= 4 is 11.6 Å². The molecule has 0 aliphatic carbocycles. The number of aliphatic hydroxyl groups is 1. The molecule has 5 rings (SSSR count). The summed E-state index contributed by atoms with van der Waals surface area (Å²) in [5.74, 6) is 6.02. The summed E-state index contributed by atoms with van der Waals surface area (Å²) in [5.41, 5.74) is 2.98. The minimum Gasteiger partial charge on any atom is -0.391 e. The molecular weight excluding hydrogens is 481 g/mol. The van der Waals surface area contributed by atoms with Crippen molar-refractivity contribution < 1.29 is 19.0 Å². The molecule has 0 saturated carbocycles. The van der Waals surface area contributed by atoms with E-state index in [1.807, 2.05) is 52.2 Å². The van der Waals surface area contributed by atoms with E-state index in [-0.39, 0.29) is 30.0 Å². The van der Waals surface area contributed by atoms with Crippen LogP contribution >= 0.6 is 0 Å². The molecule has 2 fully saturated rings. The van der Waals surface area contributed by atoms with Crippen LogP contribution in [0, 0.1) is 17.7 Å². The highest BCUT2D eigenvalue weighted by Gasteiger charge is 2.29. The number of hydrogen-bond acceptors (Lipinski definition) is 4. The topological polar surface area (TPSA) is 57.9 Å². The van der Waals surface area contributed by atoms with E-state index in [4.69, 9.17) is 4.74 Å². The van der Waals surface area contributed by atoms with Gasteiger partial charge < -0.3 is 24.2 Å². The molecule has 4 atom stereocenters. The predicted molar refractivity (Wildman–Crippen MR) is 146 cm³/mol. The van der Waals surface area contributed by atoms with Gasteiger partial charge in [-0.25, -0.2) is 4.39 Å². The van der Waals surface area contributed by atoms with Gasteiger partial charge in [-0.1, -0.05) is 11.8 Å². The number of carbonyl (C=O) groups excluding carboxylic acids is 1. The van der Waals surface area contributed by atoms with Gasteiger partial charge in [0, 0.05) is 55.3 Å². The van der Waals surface area contributed by atoms with E-state index in [1.54, 1.807) is 12.1 Å². The van der Waals surface area contributed by atoms with E-state index in [9.17, 15) is 14.3 Å². The number of ether oxygens (including phenoxy) is 1. The molecule has 1 unspecified atom stereocenters. The molecule has 198 valence electrons. The molecule has 3 aromatic rings. The molecule has 2 aliphatic rings. The summed E-state index contributed by atoms with van der Waals surface area (Å²) >= 11 is 0. The lowest BCUT2D eigenvalue weighted by molar-refractivity contribution is -0.00523. The maximum atomic E-state index is 13.6. The Kier molecular flexibility index (Phi) is 7.82. The summed E-state index contributed by atoms with van der Waals surface area (Å²) in [4.78, 5) is 17.7. The highest BCUT2D eigenvalue weighted by molar-refractivity contribution is 5.95. The van der Waals surface area contributed by atoms with Crippen LogP contribution < -0.4 is 4.90 Å². The summed E-state index contributed by atoms with van der Waals surface area (Å²) in [6.07, 6.45) is 4.77. The lowest BCUT2D eigenvalue weighted by Crippen LogP contribution is -2.45. The Labute approximate surface area is 223 Å². The van der Waals surface area contributed by atoms with Gasteiger partial charge in [0.15, 0.2) is 0 Å². The first kappa shape index (κ1) is 26.0. The Hall–Kier alpha value is -3.60. The number of aromatic nitrogens is 1. The second-order valence-electron chi connectivity index (χ2n) is 10.3. The number of rotatable bonds is 3. The van der Waals surface area contributed by atoms with Gasteiger partial charge in [0.05, 0.1) is 30.0 Å². The maximum Gasteiger partial charge on any atom is 0.253 e. The number of benzene rings is 2. The SMILES string of the molecule is C[C@@H]1CN(c2ccc(C(=O)N3CCC(n4cccc4)[C@@H](O)CC3)cc2C#Cc2ccc(F)cc2)C[C@H](C)O1. The van der Waals surface area contributed by atoms with Crippen LogP contribution in [-0.2, 0) is 4.74 Å². The van der Waals surface area contributed by atoms with E-state index in [0.717, 1.165) is 24.3 Å². The van der Waals surface area contributed by atoms with Crippen LogP contribution in [0.4, 0.5) is 10.1 Å². The van der Waals surface area contributed by atoms with Crippen molar-refractivity contribution in [2.75, 3.05) is 31.1 Å². The zero-order chi connectivity index (χ0) is 26.6. The second kappa shape index (κ2) is 11.4. The first-order chi connectivity index (χ1) is 18.4. The number of halogens is 1. The van der Waals surface area contributed by atoms with E-state index in [2.05, 4.69) is 30.6 Å². The van der Waals surface area contributed by atoms with Gasteiger partial charge in [0.2, 0.25) is 0 Å². The number of morpholine rings is 1. The monoisotopic (exact) mass is 515 g/mol. The molecule has 0 spiro atoms. The highest BCUT2D eigenvalue weighted by Crippen LogP contribution is 2.28. The number of aliphatic hydroxyl groups excluding tert-OH is 1. The van der Waals surface area contributed by atoms with Gasteiger partial charge >= 0.3 is 0 Å². The molecule has 2 aromatic carbocycles. The molecule has 1 aromatic heterocycles. The molecule has 1 N–H and O–H groups in total. The van der Waals surface area contributed by atoms with Gasteiger partial charge in [-0.15, -0.1) is 0 Å². The molecule has 2 aliphatic heterocycles. The largest absolute Gasteiger partial charge is 0.391 e. The molecule has 0 bridgehead atoms. The van der Waals surface area contributed by atoms with Crippen LogP contribution in [0.1, 0.15) is 54.2 Å². The van der Waals surface area contributed by atoms with Gasteiger partial charge in [-0.3, -0.25) is 4.79 Å². The molecule has 2 saturated heterocycles. The molecule has 7 heteroatoms. The third kappa shape index (κ3) is 5.93. The molecule has 38 heavy (non-hydrogen) atoms. The number of likely N-dealkylation sites (tertiary alicyclic amines) is 1. The average molecular weight is 516 g/mol. The summed E-state index contributed by atoms with van der Waals surface area (Å²) < 4.78 is 21.3. The first-order valence-corrected chi connectivity index (χ1v) is 13.3. The fraction of sp³-hybridized carbons (Fsp3) is 0.387. The van der Waals surface area contributed by atoms with E-state index >= 15 is 0 Å². The summed E-state index contributed by atoms with van der Waals surface area (Å²) in [6.45, 7) is 6.63. The minimum absolute atomic E-state index is 0.0485. The Morgan fingerprint density at radius 2 is 1.66 bits per heavy atom. The van der Waals surface area contributed by atoms with Crippen LogP contribution in [-0.4, -0.2) is 65.0 Å². The number of nitrogens with zero attached hydrogens (tertiary/aromatic N) is 3. The van der Waals surface area contributed by atoms with Crippen LogP contribution in [0.25, 0.3) is 0 Å². The smallest absolute Gasteiger partial charge is 0.253 e. The lowest BCUT2D eigenvalue weighted by atomic mass is 10.0. The van der Waals surface area contributed by atoms with E-state index in [0.29, 0.717) is 37.1 Å². The van der Waals surface area contributed by atoms with Crippen LogP contribution in [0.15, 0.2) is 67.0 Å². The summed E-state index contributed by atoms with van der Waals surface area (Å²) in [5, 5.41) is 10.7. The normalized spacial score (nSPS) is 23.9. The van der Waals surface area contributed by atoms with Crippen molar-refractivity contribution in [2.24, 2.45) is 0 Å². The van der Waals surface area contributed by atoms with E-state index < -0.39 is 6.10 Å². The van der Waals surface area contributed by atoms with E-state index in [1.165, 1.54) is 12.1 Å². The third-order valence-corrected chi connectivity index (χ3v) is 7.32. The molecule has 6 nitrogen and oxygen atoms in total. The molecule has 1 amide bonds. The molecular formula is C31H34FN3O3. The van der Waals surface area contributed by atoms with Crippen molar-refractivity contribution in [2.45, 2.75) is 51.0 Å². The molecule has 0 radical (unpaired) electrons. The Morgan fingerprint density at radius 1 is 0.974 bits per heavy atom. The Bertz CT molecular complexity index is 1300. The fourth-order valence-electron chi connectivity index (χ4n) is 5.47. The van der Waals surface area contributed by atoms with Crippen molar-refractivity contribution in [3.05, 3.63) is 89.5 Å². The number of hydrogen-bond donors (Lipinski definition) is 1. The standard InChI is InChI=1S/C31H34FN3O3/c1-22-20-35(21-23(2)38-22)28-12-9-26(19-25(28)8-5-24-6-10-27(32)11-7-24)31(37)34-17-13-29(30(36)14-18-34)33-15-3-4-16-33/h3-4,6-7,9-12,15-16,19,22-23,29-30,36H,13-14,17-18,20-21H2,1-2H3/t22-,23+,29?,30-/m0/s1. The zero-order valence-electron chi connectivity index (χ0n) is 21.9. The highest BCUT2D eigenvalue weighted by atomic mass is 19.1. The summed E-state index contributed by atoms with van der Waals surface area (Å²) in [6, 6.07) is 15.7. The van der Waals surface area contributed by atoms with Crippen molar-refractivity contribution in [3.8, 4) is 11.8 Å². The minimum atomic E-state index is -0.509. The third-order valence-electron chi connectivity index (χ3n) is 7.32. The van der Waals surface area contributed by atoms with Crippen molar-refractivity contribution in [1.82, 2.24) is 9.47 Å². The zero-order valence-corrected chi connectivity index (χ0v) is 21.9. The van der Waals surface area contributed by atoms with Gasteiger partial charge in [-0.2, -0.15) is 0 Å². The van der Waals surface area contributed by atoms with Gasteiger partial charge in [-0.05, 0) is 81.3 Å². The van der Waals surface area contributed by atoms with Gasteiger partial charge in [0.25, 0.3) is 5.91 Å². The number of amides is 1. The maximum absolute atomic E-state index is 13.6. The Morgan fingerprint density at radius 3 is 2.37 bits per heavy atom. The molecule has 3 heterocycles. The lowest BCUT2D eigenvalue weighted by Gasteiger charge is -2.37. The Balaban J connectivity index is 1.42. The first-order valence-electron chi connectivity index (χ1n) is 13.3. The van der Waals surface area contributed by atoms with Crippen molar-refractivity contribution in [1.29, 1.82) is 0 Å². The predicted octanol–water partition coefficient (Wildman–Crippen LogP) is 4.48. The van der Waals surface area contributed by atoms with Crippen LogP contribution in [0.3, 0.4) is 0 Å². The van der Waals surface area contributed by atoms with Gasteiger partial charge in [0.1, 0.15) is 5.82 Å². The fourth-order valence-corrected chi connectivity index (χ4v) is 5.47. The van der Waals surface area contributed by atoms with Crippen LogP contribution in [0.2, 0.25) is 0 Å². The quantitative estimate of drug-likeness (QED) is 0.523. The summed E-state index contributed by atoms with van der Waals surface area (Å²) in [7, 11) is 0. The second-order valence-corrected chi connectivity index (χ2v) is 10.3. The number of anilines is 1. The number of carbonyl (C=O) groups is 1.